The second-order valence-corrected chi connectivity index (χ2v) is 6.00. The summed E-state index contributed by atoms with van der Waals surface area (Å²) in [6.07, 6.45) is 8.29. The van der Waals surface area contributed by atoms with Crippen LogP contribution in [0, 0.1) is 0 Å². The Morgan fingerprint density at radius 2 is 1.63 bits per heavy atom. The zero-order valence-corrected chi connectivity index (χ0v) is 16.0. The Kier molecular flexibility index (Phi) is 16.4. The Morgan fingerprint density at radius 1 is 1.11 bits per heavy atom. The Balaban J connectivity index is 0. The van der Waals surface area contributed by atoms with E-state index in [0.717, 1.165) is 19.3 Å². The van der Waals surface area contributed by atoms with Crippen LogP contribution in [0.2, 0.25) is 0 Å². The number of nitrogens with zero attached hydrogens (tertiary/aromatic N) is 1. The summed E-state index contributed by atoms with van der Waals surface area (Å²) in [6, 6.07) is 0. The van der Waals surface area contributed by atoms with Gasteiger partial charge in [-0.2, -0.15) is 8.42 Å². The summed E-state index contributed by atoms with van der Waals surface area (Å²) in [7, 11) is -4.00. The minimum atomic E-state index is -4.00. The van der Waals surface area contributed by atoms with Gasteiger partial charge >= 0.3 is 51.4 Å². The first-order chi connectivity index (χ1) is 8.45. The van der Waals surface area contributed by atoms with Crippen LogP contribution in [0.3, 0.4) is 0 Å². The predicted octanol–water partition coefficient (Wildman–Crippen LogP) is -1.22. The Hall–Kier alpha value is 1.02. The molecule has 0 aliphatic carbocycles. The monoisotopic (exact) mass is 317 g/mol. The molecule has 0 aromatic carbocycles. The van der Waals surface area contributed by atoms with E-state index in [1.165, 1.54) is 25.7 Å². The van der Waals surface area contributed by atoms with Crippen LogP contribution in [0.4, 0.5) is 0 Å². The summed E-state index contributed by atoms with van der Waals surface area (Å²) in [4.78, 5) is 3.58. The fourth-order valence-electron chi connectivity index (χ4n) is 1.60. The molecular weight excluding hydrogens is 293 g/mol. The SMILES string of the molecule is CCCCCCCCCC([O-])=NCCS(=O)(=O)O.[K+]. The molecule has 0 aliphatic heterocycles. The molecule has 19 heavy (non-hydrogen) atoms. The Labute approximate surface area is 159 Å². The van der Waals surface area contributed by atoms with Crippen LogP contribution >= 0.6 is 0 Å². The largest absolute Gasteiger partial charge is 1.00 e. The molecule has 7 heteroatoms. The normalized spacial score (nSPS) is 12.2. The van der Waals surface area contributed by atoms with E-state index < -0.39 is 15.9 Å². The van der Waals surface area contributed by atoms with Crippen molar-refractivity contribution in [2.24, 2.45) is 4.99 Å². The van der Waals surface area contributed by atoms with Gasteiger partial charge in [-0.15, -0.1) is 0 Å². The molecule has 0 aromatic rings. The first-order valence-corrected chi connectivity index (χ1v) is 8.22. The minimum absolute atomic E-state index is 0. The van der Waals surface area contributed by atoms with E-state index >= 15 is 0 Å². The van der Waals surface area contributed by atoms with Crippen LogP contribution in [0.15, 0.2) is 4.99 Å². The molecule has 0 saturated carbocycles. The number of hydrogen-bond donors (Lipinski definition) is 1. The maximum absolute atomic E-state index is 11.2. The molecule has 5 nitrogen and oxygen atoms in total. The smallest absolute Gasteiger partial charge is 0.862 e. The van der Waals surface area contributed by atoms with Crippen molar-refractivity contribution in [1.82, 2.24) is 0 Å². The van der Waals surface area contributed by atoms with Gasteiger partial charge in [0.2, 0.25) is 0 Å². The molecule has 0 spiro atoms. The van der Waals surface area contributed by atoms with Gasteiger partial charge < -0.3 is 10.1 Å². The number of aliphatic imine (C=N–C) groups is 1. The van der Waals surface area contributed by atoms with Crippen molar-refractivity contribution >= 4 is 16.0 Å². The third kappa shape index (κ3) is 19.0. The van der Waals surface area contributed by atoms with Crippen LogP contribution in [-0.4, -0.2) is 31.2 Å². The maximum atomic E-state index is 11.2. The molecule has 0 fully saturated rings. The van der Waals surface area contributed by atoms with Gasteiger partial charge in [-0.3, -0.25) is 4.55 Å². The Morgan fingerprint density at radius 3 is 2.16 bits per heavy atom. The van der Waals surface area contributed by atoms with E-state index in [1.807, 2.05) is 0 Å². The van der Waals surface area contributed by atoms with Gasteiger partial charge in [-0.1, -0.05) is 45.4 Å². The summed E-state index contributed by atoms with van der Waals surface area (Å²) in [5, 5.41) is 11.2. The topological polar surface area (TPSA) is 89.8 Å². The molecule has 0 heterocycles. The second-order valence-electron chi connectivity index (χ2n) is 4.43. The molecule has 1 N–H and O–H groups in total. The van der Waals surface area contributed by atoms with Crippen LogP contribution in [0.5, 0.6) is 0 Å². The van der Waals surface area contributed by atoms with Gasteiger partial charge in [0.05, 0.1) is 12.3 Å². The average Bonchev–Trinajstić information content (AvgIpc) is 2.26. The zero-order valence-electron chi connectivity index (χ0n) is 12.1. The van der Waals surface area contributed by atoms with E-state index in [0.29, 0.717) is 6.42 Å². The molecule has 0 aliphatic rings. The summed E-state index contributed by atoms with van der Waals surface area (Å²) in [5.74, 6) is -0.748. The Bertz CT molecular complexity index is 331. The molecule has 0 unspecified atom stereocenters. The second kappa shape index (κ2) is 14.0. The quantitative estimate of drug-likeness (QED) is 0.170. The fourth-order valence-corrected chi connectivity index (χ4v) is 1.92. The van der Waals surface area contributed by atoms with E-state index in [-0.39, 0.29) is 63.8 Å². The van der Waals surface area contributed by atoms with E-state index in [4.69, 9.17) is 4.55 Å². The number of rotatable bonds is 11. The summed E-state index contributed by atoms with van der Waals surface area (Å²) in [5.41, 5.74) is 0. The number of unbranched alkanes of at least 4 members (excludes halogenated alkanes) is 6. The zero-order chi connectivity index (χ0) is 13.9. The first-order valence-electron chi connectivity index (χ1n) is 6.61. The summed E-state index contributed by atoms with van der Waals surface area (Å²) >= 11 is 0. The fraction of sp³-hybridized carbons (Fsp3) is 0.917. The number of hydrogen-bond acceptors (Lipinski definition) is 4. The van der Waals surface area contributed by atoms with Crippen molar-refractivity contribution in [2.75, 3.05) is 12.3 Å². The van der Waals surface area contributed by atoms with Gasteiger partial charge in [-0.05, 0) is 18.7 Å². The van der Waals surface area contributed by atoms with Crippen LogP contribution in [-0.2, 0) is 10.1 Å². The summed E-state index contributed by atoms with van der Waals surface area (Å²) < 4.78 is 29.2. The summed E-state index contributed by atoms with van der Waals surface area (Å²) in [6.45, 7) is 2.03. The predicted molar refractivity (Wildman–Crippen MR) is 71.3 cm³/mol. The van der Waals surface area contributed by atoms with Crippen molar-refractivity contribution in [3.8, 4) is 0 Å². The van der Waals surface area contributed by atoms with Gasteiger partial charge in [0, 0.05) is 0 Å². The van der Waals surface area contributed by atoms with Crippen LogP contribution in [0.25, 0.3) is 0 Å². The van der Waals surface area contributed by atoms with Gasteiger partial charge in [0.25, 0.3) is 10.1 Å². The van der Waals surface area contributed by atoms with Crippen molar-refractivity contribution < 1.29 is 69.5 Å². The van der Waals surface area contributed by atoms with Crippen LogP contribution in [0.1, 0.15) is 58.3 Å². The maximum Gasteiger partial charge on any atom is 1.00 e. The molecule has 0 atom stereocenters. The molecule has 0 amide bonds. The molecule has 0 bridgehead atoms. The first kappa shape index (κ1) is 22.3. The average molecular weight is 317 g/mol. The van der Waals surface area contributed by atoms with E-state index in [9.17, 15) is 13.5 Å². The third-order valence-electron chi connectivity index (χ3n) is 2.63. The van der Waals surface area contributed by atoms with Gasteiger partial charge in [-0.25, -0.2) is 0 Å². The van der Waals surface area contributed by atoms with Crippen molar-refractivity contribution in [1.29, 1.82) is 0 Å². The third-order valence-corrected chi connectivity index (χ3v) is 3.33. The van der Waals surface area contributed by atoms with Gasteiger partial charge in [0.1, 0.15) is 0 Å². The molecule has 0 rings (SSSR count). The van der Waals surface area contributed by atoms with Crippen molar-refractivity contribution in [2.45, 2.75) is 58.3 Å². The van der Waals surface area contributed by atoms with Crippen LogP contribution < -0.4 is 56.5 Å². The molecule has 0 saturated heterocycles. The molecule has 108 valence electrons. The molecular formula is C12H24KNO4S. The molecule has 0 radical (unpaired) electrons. The van der Waals surface area contributed by atoms with Gasteiger partial charge in [0.15, 0.2) is 0 Å². The standard InChI is InChI=1S/C12H25NO4S.K/c1-2-3-4-5-6-7-8-9-12(14)13-10-11-18(15,16)17;/h2-11H2,1H3,(H,13,14)(H,15,16,17);/q;+1/p-1. The molecule has 0 aromatic heterocycles. The minimum Gasteiger partial charge on any atom is -0.862 e. The van der Waals surface area contributed by atoms with E-state index in [1.54, 1.807) is 0 Å². The van der Waals surface area contributed by atoms with E-state index in [2.05, 4.69) is 11.9 Å². The van der Waals surface area contributed by atoms with Crippen molar-refractivity contribution in [3.63, 3.8) is 0 Å². The van der Waals surface area contributed by atoms with Crippen molar-refractivity contribution in [3.05, 3.63) is 0 Å².